The van der Waals surface area contributed by atoms with Gasteiger partial charge >= 0.3 is 0 Å². The molecule has 2 heterocycles. The van der Waals surface area contributed by atoms with Gasteiger partial charge in [0.2, 0.25) is 5.91 Å². The maximum Gasteiger partial charge on any atom is 0.246 e. The Labute approximate surface area is 182 Å². The molecule has 0 aliphatic carbocycles. The topological polar surface area (TPSA) is 71.6 Å². The van der Waals surface area contributed by atoms with Crippen LogP contribution in [0, 0.1) is 5.82 Å². The van der Waals surface area contributed by atoms with E-state index in [9.17, 15) is 4.79 Å². The molecule has 3 unspecified atom stereocenters. The van der Waals surface area contributed by atoms with Crippen LogP contribution in [-0.2, 0) is 16.0 Å². The predicted molar refractivity (Wildman–Crippen MR) is 118 cm³/mol. The Kier molecular flexibility index (Phi) is 6.55. The van der Waals surface area contributed by atoms with Crippen LogP contribution >= 0.6 is 0 Å². The fraction of sp³-hybridized carbons (Fsp3) is 0.458. The van der Waals surface area contributed by atoms with Gasteiger partial charge in [-0.05, 0) is 38.4 Å². The standard InChI is InChI=1S/C24H30FN3O3/c1-16-13-24(15-30-14-22(29)28-24)21(27-16)12-17-6-5-8-19(23(17)25)18-7-3-4-9-20(18)31-11-10-26-2/h3-9,16,21,26-27H,10-15H2,1-2H3,(H,28,29). The summed E-state index contributed by atoms with van der Waals surface area (Å²) in [6.45, 7) is 3.80. The fourth-order valence-electron chi connectivity index (χ4n) is 4.72. The third-order valence-electron chi connectivity index (χ3n) is 6.09. The van der Waals surface area contributed by atoms with E-state index in [0.29, 0.717) is 43.1 Å². The molecule has 2 fully saturated rings. The fourth-order valence-corrected chi connectivity index (χ4v) is 4.72. The first-order valence-corrected chi connectivity index (χ1v) is 10.8. The van der Waals surface area contributed by atoms with Gasteiger partial charge in [-0.2, -0.15) is 0 Å². The van der Waals surface area contributed by atoms with Crippen molar-refractivity contribution in [2.45, 2.75) is 37.4 Å². The molecule has 4 rings (SSSR count). The average Bonchev–Trinajstić information content (AvgIpc) is 3.04. The normalized spacial score (nSPS) is 25.6. The molecule has 6 nitrogen and oxygen atoms in total. The minimum Gasteiger partial charge on any atom is -0.492 e. The summed E-state index contributed by atoms with van der Waals surface area (Å²) in [6, 6.07) is 13.1. The third kappa shape index (κ3) is 4.59. The van der Waals surface area contributed by atoms with Gasteiger partial charge in [-0.3, -0.25) is 4.79 Å². The van der Waals surface area contributed by atoms with Crippen LogP contribution in [0.15, 0.2) is 42.5 Å². The molecule has 0 saturated carbocycles. The number of carbonyl (C=O) groups excluding carboxylic acids is 1. The number of benzene rings is 2. The summed E-state index contributed by atoms with van der Waals surface area (Å²) >= 11 is 0. The summed E-state index contributed by atoms with van der Waals surface area (Å²) < 4.78 is 27.1. The largest absolute Gasteiger partial charge is 0.492 e. The molecule has 2 saturated heterocycles. The van der Waals surface area contributed by atoms with Crippen LogP contribution < -0.4 is 20.7 Å². The first-order valence-electron chi connectivity index (χ1n) is 10.8. The predicted octanol–water partition coefficient (Wildman–Crippen LogP) is 2.27. The number of halogens is 1. The number of amides is 1. The number of hydrogen-bond donors (Lipinski definition) is 3. The number of rotatable bonds is 7. The lowest BCUT2D eigenvalue weighted by Crippen LogP contribution is -2.63. The van der Waals surface area contributed by atoms with Gasteiger partial charge < -0.3 is 25.4 Å². The van der Waals surface area contributed by atoms with E-state index in [4.69, 9.17) is 9.47 Å². The van der Waals surface area contributed by atoms with E-state index < -0.39 is 5.54 Å². The molecule has 1 amide bonds. The Morgan fingerprint density at radius 3 is 2.84 bits per heavy atom. The Hall–Kier alpha value is -2.48. The van der Waals surface area contributed by atoms with E-state index >= 15 is 4.39 Å². The molecule has 0 bridgehead atoms. The number of nitrogens with one attached hydrogen (secondary N) is 3. The van der Waals surface area contributed by atoms with Gasteiger partial charge in [-0.1, -0.05) is 36.4 Å². The Bertz CT molecular complexity index is 938. The zero-order valence-corrected chi connectivity index (χ0v) is 18.0. The summed E-state index contributed by atoms with van der Waals surface area (Å²) in [6.07, 6.45) is 1.21. The van der Waals surface area contributed by atoms with Crippen LogP contribution in [-0.4, -0.2) is 56.9 Å². The van der Waals surface area contributed by atoms with Gasteiger partial charge in [0.15, 0.2) is 0 Å². The third-order valence-corrected chi connectivity index (χ3v) is 6.09. The van der Waals surface area contributed by atoms with Crippen molar-refractivity contribution in [1.82, 2.24) is 16.0 Å². The number of para-hydroxylation sites is 1. The van der Waals surface area contributed by atoms with Gasteiger partial charge in [-0.15, -0.1) is 0 Å². The van der Waals surface area contributed by atoms with Crippen molar-refractivity contribution in [3.63, 3.8) is 0 Å². The zero-order chi connectivity index (χ0) is 21.8. The van der Waals surface area contributed by atoms with Crippen LogP contribution in [0.25, 0.3) is 11.1 Å². The van der Waals surface area contributed by atoms with E-state index in [1.807, 2.05) is 43.4 Å². The minimum atomic E-state index is -0.509. The molecule has 31 heavy (non-hydrogen) atoms. The lowest BCUT2D eigenvalue weighted by atomic mass is 9.85. The maximum atomic E-state index is 15.7. The molecule has 2 aliphatic rings. The van der Waals surface area contributed by atoms with E-state index in [1.54, 1.807) is 6.07 Å². The van der Waals surface area contributed by atoms with Crippen molar-refractivity contribution in [3.05, 3.63) is 53.8 Å². The quantitative estimate of drug-likeness (QED) is 0.592. The Morgan fingerprint density at radius 1 is 1.23 bits per heavy atom. The van der Waals surface area contributed by atoms with E-state index in [0.717, 1.165) is 12.0 Å². The van der Waals surface area contributed by atoms with E-state index in [-0.39, 0.29) is 30.4 Å². The molecular weight excluding hydrogens is 397 g/mol. The number of hydrogen-bond acceptors (Lipinski definition) is 5. The first kappa shape index (κ1) is 21.7. The highest BCUT2D eigenvalue weighted by Gasteiger charge is 2.49. The van der Waals surface area contributed by atoms with E-state index in [2.05, 4.69) is 22.9 Å². The molecular formula is C24H30FN3O3. The molecule has 0 aromatic heterocycles. The molecule has 2 aromatic rings. The summed E-state index contributed by atoms with van der Waals surface area (Å²) in [5.41, 5.74) is 1.34. The van der Waals surface area contributed by atoms with Crippen molar-refractivity contribution in [1.29, 1.82) is 0 Å². The number of likely N-dealkylation sites (N-methyl/N-ethyl adjacent to an activating group) is 1. The molecule has 1 spiro atoms. The minimum absolute atomic E-state index is 0.0804. The van der Waals surface area contributed by atoms with Crippen molar-refractivity contribution in [2.75, 3.05) is 33.4 Å². The second kappa shape index (κ2) is 9.34. The lowest BCUT2D eigenvalue weighted by Gasteiger charge is -2.39. The van der Waals surface area contributed by atoms with Gasteiger partial charge in [-0.25, -0.2) is 4.39 Å². The van der Waals surface area contributed by atoms with Crippen LogP contribution in [0.2, 0.25) is 0 Å². The number of ether oxygens (including phenoxy) is 2. The molecule has 166 valence electrons. The van der Waals surface area contributed by atoms with Crippen molar-refractivity contribution < 1.29 is 18.7 Å². The highest BCUT2D eigenvalue weighted by molar-refractivity contribution is 5.79. The van der Waals surface area contributed by atoms with Crippen molar-refractivity contribution >= 4 is 5.91 Å². The molecule has 0 radical (unpaired) electrons. The smallest absolute Gasteiger partial charge is 0.246 e. The lowest BCUT2D eigenvalue weighted by molar-refractivity contribution is -0.135. The van der Waals surface area contributed by atoms with Crippen LogP contribution in [0.1, 0.15) is 18.9 Å². The zero-order valence-electron chi connectivity index (χ0n) is 18.0. The summed E-state index contributed by atoms with van der Waals surface area (Å²) in [5.74, 6) is 0.284. The van der Waals surface area contributed by atoms with Gasteiger partial charge in [0.1, 0.15) is 24.8 Å². The first-order chi connectivity index (χ1) is 15.0. The van der Waals surface area contributed by atoms with Gasteiger partial charge in [0.05, 0.1) is 12.1 Å². The summed E-state index contributed by atoms with van der Waals surface area (Å²) in [5, 5.41) is 9.69. The molecule has 2 aromatic carbocycles. The van der Waals surface area contributed by atoms with Crippen LogP contribution in [0.5, 0.6) is 5.75 Å². The highest BCUT2D eigenvalue weighted by atomic mass is 19.1. The second-order valence-electron chi connectivity index (χ2n) is 8.45. The summed E-state index contributed by atoms with van der Waals surface area (Å²) in [7, 11) is 1.86. The van der Waals surface area contributed by atoms with Gasteiger partial charge in [0, 0.05) is 29.8 Å². The molecule has 3 N–H and O–H groups in total. The SMILES string of the molecule is CNCCOc1ccccc1-c1cccc(CC2NC(C)CC23COCC(=O)N3)c1F. The number of carbonyl (C=O) groups is 1. The maximum absolute atomic E-state index is 15.7. The van der Waals surface area contributed by atoms with Crippen LogP contribution in [0.4, 0.5) is 4.39 Å². The van der Waals surface area contributed by atoms with Crippen molar-refractivity contribution in [2.24, 2.45) is 0 Å². The Morgan fingerprint density at radius 2 is 2.03 bits per heavy atom. The highest BCUT2D eigenvalue weighted by Crippen LogP contribution is 2.35. The van der Waals surface area contributed by atoms with Gasteiger partial charge in [0.25, 0.3) is 0 Å². The monoisotopic (exact) mass is 427 g/mol. The van der Waals surface area contributed by atoms with Crippen molar-refractivity contribution in [3.8, 4) is 16.9 Å². The molecule has 2 aliphatic heterocycles. The Balaban J connectivity index is 1.61. The number of morpholine rings is 1. The molecule has 3 atom stereocenters. The second-order valence-corrected chi connectivity index (χ2v) is 8.45. The average molecular weight is 428 g/mol. The summed E-state index contributed by atoms with van der Waals surface area (Å²) in [4.78, 5) is 12.0. The molecule has 7 heteroatoms. The van der Waals surface area contributed by atoms with E-state index in [1.165, 1.54) is 0 Å². The van der Waals surface area contributed by atoms with Crippen LogP contribution in [0.3, 0.4) is 0 Å².